The standard InChI is InChI=1S/C20H27O2.Os/c1-5-7-18-13-12-17(14-19(18)20(21)22)11-10-16(4)9-6-8-15(2)3;/h8,10,12-13H,5-7,9,11H2,1-4H3,(H,21,22);/q-1;+1/b16-10+;. The van der Waals surface area contributed by atoms with E-state index < -0.39 is 5.97 Å². The van der Waals surface area contributed by atoms with Crippen molar-refractivity contribution < 1.29 is 29.7 Å². The molecule has 1 radical (unpaired) electrons. The van der Waals surface area contributed by atoms with Crippen LogP contribution < -0.4 is 0 Å². The maximum atomic E-state index is 11.3. The van der Waals surface area contributed by atoms with Crippen LogP contribution in [0.25, 0.3) is 0 Å². The fourth-order valence-electron chi connectivity index (χ4n) is 2.33. The molecule has 3 heteroatoms. The summed E-state index contributed by atoms with van der Waals surface area (Å²) in [5.74, 6) is -0.880. The van der Waals surface area contributed by atoms with Crippen molar-refractivity contribution >= 4 is 5.97 Å². The van der Waals surface area contributed by atoms with E-state index in [-0.39, 0.29) is 19.8 Å². The molecule has 0 bridgehead atoms. The van der Waals surface area contributed by atoms with Crippen LogP contribution in [0.4, 0.5) is 0 Å². The van der Waals surface area contributed by atoms with Crippen molar-refractivity contribution in [1.82, 2.24) is 0 Å². The van der Waals surface area contributed by atoms with Crippen molar-refractivity contribution in [3.63, 3.8) is 0 Å². The number of allylic oxidation sites excluding steroid dienone is 4. The summed E-state index contributed by atoms with van der Waals surface area (Å²) in [5, 5.41) is 9.31. The molecule has 0 aliphatic heterocycles. The van der Waals surface area contributed by atoms with Gasteiger partial charge in [-0.2, -0.15) is 0 Å². The van der Waals surface area contributed by atoms with Gasteiger partial charge in [0.05, 0.1) is 0 Å². The number of aromatic carboxylic acids is 1. The average Bonchev–Trinajstić information content (AvgIpc) is 2.45. The molecule has 2 nitrogen and oxygen atoms in total. The van der Waals surface area contributed by atoms with Gasteiger partial charge in [-0.15, -0.1) is 29.3 Å². The molecule has 1 aromatic carbocycles. The first-order valence-electron chi connectivity index (χ1n) is 8.00. The molecule has 0 aromatic heterocycles. The topological polar surface area (TPSA) is 37.3 Å². The van der Waals surface area contributed by atoms with Gasteiger partial charge in [-0.25, -0.2) is 0 Å². The summed E-state index contributed by atoms with van der Waals surface area (Å²) in [7, 11) is 0. The maximum Gasteiger partial charge on any atom is 1.00 e. The average molecular weight is 490 g/mol. The first-order valence-corrected chi connectivity index (χ1v) is 8.00. The van der Waals surface area contributed by atoms with E-state index in [0.717, 1.165) is 43.2 Å². The Morgan fingerprint density at radius 1 is 1.22 bits per heavy atom. The third-order valence-electron chi connectivity index (χ3n) is 3.59. The molecule has 0 spiro atoms. The summed E-state index contributed by atoms with van der Waals surface area (Å²) >= 11 is 0. The van der Waals surface area contributed by atoms with Crippen LogP contribution in [-0.4, -0.2) is 11.1 Å². The molecule has 0 saturated carbocycles. The van der Waals surface area contributed by atoms with Crippen LogP contribution in [-0.2, 0) is 32.6 Å². The number of aryl methyl sites for hydroxylation is 1. The zero-order valence-electron chi connectivity index (χ0n) is 14.6. The fraction of sp³-hybridized carbons (Fsp3) is 0.450. The molecule has 0 heterocycles. The van der Waals surface area contributed by atoms with Crippen LogP contribution in [0, 0.1) is 6.07 Å². The van der Waals surface area contributed by atoms with E-state index in [4.69, 9.17) is 0 Å². The van der Waals surface area contributed by atoms with Gasteiger partial charge in [0.1, 0.15) is 0 Å². The number of hydrogen-bond acceptors (Lipinski definition) is 1. The molecule has 0 aliphatic rings. The summed E-state index contributed by atoms with van der Waals surface area (Å²) in [6.07, 6.45) is 9.00. The van der Waals surface area contributed by atoms with Crippen LogP contribution in [0.5, 0.6) is 0 Å². The van der Waals surface area contributed by atoms with E-state index in [2.05, 4.69) is 45.9 Å². The maximum absolute atomic E-state index is 11.3. The molecule has 23 heavy (non-hydrogen) atoms. The molecular weight excluding hydrogens is 462 g/mol. The smallest absolute Gasteiger partial charge is 0.521 e. The zero-order valence-corrected chi connectivity index (χ0v) is 17.1. The molecule has 0 fully saturated rings. The Hall–Kier alpha value is -1.19. The third kappa shape index (κ3) is 8.28. The predicted molar refractivity (Wildman–Crippen MR) is 92.4 cm³/mol. The van der Waals surface area contributed by atoms with E-state index in [1.54, 1.807) is 0 Å². The predicted octanol–water partition coefficient (Wildman–Crippen LogP) is 5.37. The van der Waals surface area contributed by atoms with Gasteiger partial charge in [-0.05, 0) is 40.0 Å². The second-order valence-electron chi connectivity index (χ2n) is 6.01. The molecule has 127 valence electrons. The van der Waals surface area contributed by atoms with Crippen LogP contribution in [0.1, 0.15) is 68.4 Å². The Balaban J connectivity index is 0.00000484. The van der Waals surface area contributed by atoms with E-state index >= 15 is 0 Å². The van der Waals surface area contributed by atoms with Gasteiger partial charge in [0.25, 0.3) is 0 Å². The Labute approximate surface area is 153 Å². The molecule has 1 rings (SSSR count). The monoisotopic (exact) mass is 491 g/mol. The summed E-state index contributed by atoms with van der Waals surface area (Å²) < 4.78 is 0. The van der Waals surface area contributed by atoms with Crippen molar-refractivity contribution in [2.24, 2.45) is 0 Å². The van der Waals surface area contributed by atoms with Gasteiger partial charge < -0.3 is 9.90 Å². The van der Waals surface area contributed by atoms with Crippen LogP contribution in [0.2, 0.25) is 0 Å². The van der Waals surface area contributed by atoms with Crippen molar-refractivity contribution in [2.45, 2.75) is 59.8 Å². The minimum atomic E-state index is -0.880. The Kier molecular flexibility index (Phi) is 10.8. The summed E-state index contributed by atoms with van der Waals surface area (Å²) in [6.45, 7) is 8.40. The molecular formula is C20H27O2Os. The van der Waals surface area contributed by atoms with Gasteiger partial charge >= 0.3 is 19.8 Å². The number of carbonyl (C=O) groups is 1. The number of hydrogen-bond donors (Lipinski definition) is 1. The largest absolute Gasteiger partial charge is 1.00 e. The molecule has 1 aromatic rings. The second-order valence-corrected chi connectivity index (χ2v) is 6.01. The molecule has 1 N–H and O–H groups in total. The Bertz CT molecular complexity index is 567. The van der Waals surface area contributed by atoms with Crippen molar-refractivity contribution in [2.75, 3.05) is 0 Å². The first-order chi connectivity index (χ1) is 10.4. The molecule has 0 atom stereocenters. The number of carboxylic acids is 1. The Morgan fingerprint density at radius 3 is 2.48 bits per heavy atom. The number of benzene rings is 1. The first kappa shape index (κ1) is 21.8. The summed E-state index contributed by atoms with van der Waals surface area (Å²) in [4.78, 5) is 11.3. The van der Waals surface area contributed by atoms with Crippen LogP contribution >= 0.6 is 0 Å². The molecule has 0 unspecified atom stereocenters. The number of carboxylic acid groups (broad SMARTS) is 1. The minimum Gasteiger partial charge on any atom is -0.521 e. The number of rotatable bonds is 8. The van der Waals surface area contributed by atoms with Gasteiger partial charge in [0, 0.05) is 0 Å². The SMILES string of the molecule is CCCc1ccc(C/C=C(\C)CCC=C(C)C)[c-]c1C(=O)O.[Os+]. The van der Waals surface area contributed by atoms with E-state index in [0.29, 0.717) is 5.56 Å². The molecule has 0 amide bonds. The van der Waals surface area contributed by atoms with Crippen molar-refractivity contribution in [1.29, 1.82) is 0 Å². The van der Waals surface area contributed by atoms with Gasteiger partial charge in [-0.1, -0.05) is 48.6 Å². The van der Waals surface area contributed by atoms with E-state index in [1.807, 2.05) is 12.1 Å². The van der Waals surface area contributed by atoms with Crippen molar-refractivity contribution in [3.8, 4) is 0 Å². The van der Waals surface area contributed by atoms with Crippen LogP contribution in [0.15, 0.2) is 35.4 Å². The Morgan fingerprint density at radius 2 is 1.91 bits per heavy atom. The second kappa shape index (κ2) is 11.4. The molecule has 0 aliphatic carbocycles. The third-order valence-corrected chi connectivity index (χ3v) is 3.59. The molecule has 0 saturated heterocycles. The fourth-order valence-corrected chi connectivity index (χ4v) is 2.33. The quantitative estimate of drug-likeness (QED) is 0.394. The minimum absolute atomic E-state index is 0. The van der Waals surface area contributed by atoms with Crippen molar-refractivity contribution in [3.05, 3.63) is 58.2 Å². The van der Waals surface area contributed by atoms with Gasteiger partial charge in [-0.3, -0.25) is 0 Å². The summed E-state index contributed by atoms with van der Waals surface area (Å²) in [6, 6.07) is 7.00. The van der Waals surface area contributed by atoms with E-state index in [1.165, 1.54) is 11.1 Å². The van der Waals surface area contributed by atoms with Gasteiger partial charge in [0.2, 0.25) is 5.97 Å². The summed E-state index contributed by atoms with van der Waals surface area (Å²) in [5.41, 5.74) is 4.83. The van der Waals surface area contributed by atoms with Crippen LogP contribution in [0.3, 0.4) is 0 Å². The van der Waals surface area contributed by atoms with Gasteiger partial charge in [0.15, 0.2) is 0 Å². The normalized spacial score (nSPS) is 10.9. The zero-order chi connectivity index (χ0) is 16.5. The van der Waals surface area contributed by atoms with E-state index in [9.17, 15) is 9.90 Å².